The number of carboxylic acids is 1. The Hall–Kier alpha value is -1.91. The van der Waals surface area contributed by atoms with Gasteiger partial charge in [-0.15, -0.1) is 0 Å². The number of carbonyl (C=O) groups is 2. The predicted octanol–water partition coefficient (Wildman–Crippen LogP) is 1.72. The molecule has 1 N–H and O–H groups in total. The maximum atomic E-state index is 12.2. The number of aromatic nitrogens is 1. The quantitative estimate of drug-likeness (QED) is 0.881. The highest BCUT2D eigenvalue weighted by molar-refractivity contribution is 6.07. The van der Waals surface area contributed by atoms with E-state index in [1.165, 1.54) is 4.57 Å². The van der Waals surface area contributed by atoms with Crippen LogP contribution in [0.5, 0.6) is 0 Å². The Morgan fingerprint density at radius 2 is 2.00 bits per heavy atom. The number of hydrogen-bond acceptors (Lipinski definition) is 3. The van der Waals surface area contributed by atoms with Crippen LogP contribution in [0, 0.1) is 5.41 Å². The fourth-order valence-corrected chi connectivity index (χ4v) is 2.75. The summed E-state index contributed by atoms with van der Waals surface area (Å²) in [5, 5.41) is 9.18. The Morgan fingerprint density at radius 3 is 2.53 bits per heavy atom. The number of pyridine rings is 1. The summed E-state index contributed by atoms with van der Waals surface area (Å²) >= 11 is 0. The molecule has 1 heterocycles. The van der Waals surface area contributed by atoms with Gasteiger partial charge in [-0.2, -0.15) is 0 Å². The van der Waals surface area contributed by atoms with E-state index in [1.807, 2.05) is 20.8 Å². The highest BCUT2D eigenvalue weighted by Crippen LogP contribution is 2.35. The number of aromatic carboxylic acids is 1. The largest absolute Gasteiger partial charge is 0.478 e. The fraction of sp³-hybridized carbons (Fsp3) is 0.500. The van der Waals surface area contributed by atoms with Crippen molar-refractivity contribution in [2.45, 2.75) is 40.2 Å². The van der Waals surface area contributed by atoms with Crippen LogP contribution in [-0.2, 0) is 13.0 Å². The molecule has 19 heavy (non-hydrogen) atoms. The van der Waals surface area contributed by atoms with Crippen molar-refractivity contribution in [3.8, 4) is 0 Å². The second kappa shape index (κ2) is 4.33. The highest BCUT2D eigenvalue weighted by Gasteiger charge is 2.36. The van der Waals surface area contributed by atoms with Crippen molar-refractivity contribution in [3.63, 3.8) is 0 Å². The number of hydrogen-bond donors (Lipinski definition) is 1. The predicted molar refractivity (Wildman–Crippen MR) is 69.8 cm³/mol. The lowest BCUT2D eigenvalue weighted by molar-refractivity contribution is 0.0687. The molecule has 0 atom stereocenters. The number of fused-ring (bicyclic) bond motifs is 1. The van der Waals surface area contributed by atoms with E-state index in [9.17, 15) is 19.5 Å². The van der Waals surface area contributed by atoms with Gasteiger partial charge in [0, 0.05) is 24.7 Å². The Kier molecular flexibility index (Phi) is 3.08. The average molecular weight is 263 g/mol. The minimum atomic E-state index is -1.22. The molecule has 0 amide bonds. The van der Waals surface area contributed by atoms with Crippen molar-refractivity contribution in [1.82, 2.24) is 4.57 Å². The van der Waals surface area contributed by atoms with Crippen molar-refractivity contribution >= 4 is 11.8 Å². The smallest absolute Gasteiger partial charge is 0.336 e. The number of rotatable bonds is 2. The van der Waals surface area contributed by atoms with Crippen LogP contribution in [0.2, 0.25) is 0 Å². The Morgan fingerprint density at radius 1 is 1.37 bits per heavy atom. The second-order valence-corrected chi connectivity index (χ2v) is 5.71. The first-order valence-electron chi connectivity index (χ1n) is 6.30. The second-order valence-electron chi connectivity index (χ2n) is 5.71. The minimum absolute atomic E-state index is 0.162. The molecule has 1 aliphatic carbocycles. The molecule has 0 saturated carbocycles. The number of carbonyl (C=O) groups excluding carboxylic acids is 1. The summed E-state index contributed by atoms with van der Waals surface area (Å²) in [7, 11) is 0. The van der Waals surface area contributed by atoms with E-state index in [0.717, 1.165) is 6.07 Å². The van der Waals surface area contributed by atoms with Gasteiger partial charge in [0.25, 0.3) is 5.56 Å². The highest BCUT2D eigenvalue weighted by atomic mass is 16.4. The molecule has 102 valence electrons. The first-order valence-corrected chi connectivity index (χ1v) is 6.30. The first-order chi connectivity index (χ1) is 8.76. The van der Waals surface area contributed by atoms with Crippen LogP contribution in [-0.4, -0.2) is 21.4 Å². The molecule has 5 nitrogen and oxygen atoms in total. The summed E-state index contributed by atoms with van der Waals surface area (Å²) < 4.78 is 1.50. The van der Waals surface area contributed by atoms with Crippen molar-refractivity contribution in [1.29, 1.82) is 0 Å². The van der Waals surface area contributed by atoms with E-state index >= 15 is 0 Å². The number of Topliss-reactive ketones (excluding diaryl/α,β-unsaturated/α-hetero) is 1. The normalized spacial score (nSPS) is 17.1. The summed E-state index contributed by atoms with van der Waals surface area (Å²) in [6.45, 7) is 6.15. The van der Waals surface area contributed by atoms with Crippen LogP contribution >= 0.6 is 0 Å². The van der Waals surface area contributed by atoms with Crippen LogP contribution in [0.15, 0.2) is 10.9 Å². The maximum absolute atomic E-state index is 12.2. The number of nitrogens with zero attached hydrogens (tertiary/aromatic N) is 1. The van der Waals surface area contributed by atoms with Crippen LogP contribution in [0.4, 0.5) is 0 Å². The molecule has 1 aromatic rings. The molecule has 0 spiro atoms. The van der Waals surface area contributed by atoms with E-state index in [4.69, 9.17) is 0 Å². The van der Waals surface area contributed by atoms with Gasteiger partial charge in [-0.3, -0.25) is 9.59 Å². The third kappa shape index (κ3) is 2.20. The van der Waals surface area contributed by atoms with E-state index in [-0.39, 0.29) is 27.9 Å². The zero-order valence-electron chi connectivity index (χ0n) is 11.3. The maximum Gasteiger partial charge on any atom is 0.336 e. The van der Waals surface area contributed by atoms with Crippen molar-refractivity contribution in [2.75, 3.05) is 0 Å². The van der Waals surface area contributed by atoms with Crippen LogP contribution in [0.1, 0.15) is 53.6 Å². The Labute approximate surface area is 110 Å². The van der Waals surface area contributed by atoms with Gasteiger partial charge in [-0.25, -0.2) is 4.79 Å². The minimum Gasteiger partial charge on any atom is -0.478 e. The molecular formula is C14H17NO4. The van der Waals surface area contributed by atoms with Crippen molar-refractivity contribution in [2.24, 2.45) is 5.41 Å². The fourth-order valence-electron chi connectivity index (χ4n) is 2.75. The van der Waals surface area contributed by atoms with Gasteiger partial charge < -0.3 is 9.67 Å². The van der Waals surface area contributed by atoms with Gasteiger partial charge in [0.15, 0.2) is 5.78 Å². The molecule has 0 aromatic carbocycles. The molecule has 0 radical (unpaired) electrons. The summed E-state index contributed by atoms with van der Waals surface area (Å²) in [6.07, 6.45) is 0.848. The zero-order chi connectivity index (χ0) is 14.4. The van der Waals surface area contributed by atoms with E-state index in [0.29, 0.717) is 25.1 Å². The molecular weight excluding hydrogens is 246 g/mol. The van der Waals surface area contributed by atoms with Gasteiger partial charge in [-0.05, 0) is 18.8 Å². The summed E-state index contributed by atoms with van der Waals surface area (Å²) in [6, 6.07) is 1.06. The molecule has 1 aliphatic rings. The monoisotopic (exact) mass is 263 g/mol. The zero-order valence-corrected chi connectivity index (χ0v) is 11.3. The van der Waals surface area contributed by atoms with E-state index in [2.05, 4.69) is 0 Å². The molecule has 0 aliphatic heterocycles. The SMILES string of the molecule is CCn1c2c(c(C(=O)O)cc1=O)C(=O)CC(C)(C)C2. The van der Waals surface area contributed by atoms with Crippen LogP contribution in [0.25, 0.3) is 0 Å². The molecule has 5 heteroatoms. The molecule has 0 fully saturated rings. The average Bonchev–Trinajstić information content (AvgIpc) is 2.25. The lowest BCUT2D eigenvalue weighted by atomic mass is 9.74. The lowest BCUT2D eigenvalue weighted by Gasteiger charge is -2.32. The number of carboxylic acid groups (broad SMARTS) is 1. The standard InChI is InChI=1S/C14H17NO4/c1-4-15-9-6-14(2,3)7-10(16)12(9)8(13(18)19)5-11(15)17/h5H,4,6-7H2,1-3H3,(H,18,19). The topological polar surface area (TPSA) is 76.4 Å². The van der Waals surface area contributed by atoms with Gasteiger partial charge in [0.2, 0.25) is 0 Å². The van der Waals surface area contributed by atoms with E-state index in [1.54, 1.807) is 0 Å². The summed E-state index contributed by atoms with van der Waals surface area (Å²) in [5.41, 5.74) is 0.0150. The first kappa shape index (κ1) is 13.5. The van der Waals surface area contributed by atoms with Crippen LogP contribution in [0.3, 0.4) is 0 Å². The third-order valence-corrected chi connectivity index (χ3v) is 3.53. The lowest BCUT2D eigenvalue weighted by Crippen LogP contribution is -2.36. The van der Waals surface area contributed by atoms with Gasteiger partial charge in [0.1, 0.15) is 0 Å². The van der Waals surface area contributed by atoms with E-state index < -0.39 is 5.97 Å². The summed E-state index contributed by atoms with van der Waals surface area (Å²) in [4.78, 5) is 35.4. The molecule has 2 rings (SSSR count). The van der Waals surface area contributed by atoms with Gasteiger partial charge >= 0.3 is 5.97 Å². The van der Waals surface area contributed by atoms with Gasteiger partial charge in [-0.1, -0.05) is 13.8 Å². The molecule has 1 aromatic heterocycles. The molecule has 0 unspecified atom stereocenters. The molecule has 0 bridgehead atoms. The summed E-state index contributed by atoms with van der Waals surface area (Å²) in [5.74, 6) is -1.41. The van der Waals surface area contributed by atoms with Crippen molar-refractivity contribution < 1.29 is 14.7 Å². The number of ketones is 1. The van der Waals surface area contributed by atoms with Crippen molar-refractivity contribution in [3.05, 3.63) is 33.2 Å². The molecule has 0 saturated heterocycles. The third-order valence-electron chi connectivity index (χ3n) is 3.53. The van der Waals surface area contributed by atoms with Crippen LogP contribution < -0.4 is 5.56 Å². The Bertz CT molecular complexity index is 625. The Balaban J connectivity index is 2.82. The van der Waals surface area contributed by atoms with Gasteiger partial charge in [0.05, 0.1) is 11.1 Å².